The standard InChI is InChI=1S/C25H23ClN2OS/c1-17-13-14-18(20(26)15-17)16-23(29)25(2,3)30-24-27-21-11-7-8-12-22(21)28(24)19-9-5-4-6-10-19/h4-15H,16H2,1-3H3. The third-order valence-electron chi connectivity index (χ3n) is 5.12. The Morgan fingerprint density at radius 3 is 2.47 bits per heavy atom. The number of nitrogens with zero attached hydrogens (tertiary/aromatic N) is 2. The maximum absolute atomic E-state index is 13.2. The third kappa shape index (κ3) is 4.16. The van der Waals surface area contributed by atoms with Crippen LogP contribution in [0.2, 0.25) is 5.02 Å². The molecule has 0 amide bonds. The van der Waals surface area contributed by atoms with Crippen LogP contribution in [0.4, 0.5) is 0 Å². The zero-order valence-electron chi connectivity index (χ0n) is 17.2. The Bertz CT molecular complexity index is 1210. The van der Waals surface area contributed by atoms with E-state index in [1.807, 2.05) is 75.4 Å². The van der Waals surface area contributed by atoms with Crippen LogP contribution in [0.5, 0.6) is 0 Å². The number of para-hydroxylation sites is 3. The molecule has 1 heterocycles. The van der Waals surface area contributed by atoms with Crippen LogP contribution in [-0.4, -0.2) is 20.1 Å². The normalized spacial score (nSPS) is 11.7. The molecule has 0 atom stereocenters. The molecule has 0 spiro atoms. The van der Waals surface area contributed by atoms with Gasteiger partial charge < -0.3 is 0 Å². The highest BCUT2D eigenvalue weighted by Gasteiger charge is 2.31. The zero-order chi connectivity index (χ0) is 21.3. The van der Waals surface area contributed by atoms with Crippen LogP contribution < -0.4 is 0 Å². The number of aryl methyl sites for hydroxylation is 1. The smallest absolute Gasteiger partial charge is 0.174 e. The minimum atomic E-state index is -0.665. The Hall–Kier alpha value is -2.56. The summed E-state index contributed by atoms with van der Waals surface area (Å²) in [5.74, 6) is 0.116. The lowest BCUT2D eigenvalue weighted by molar-refractivity contribution is -0.119. The van der Waals surface area contributed by atoms with Gasteiger partial charge in [-0.3, -0.25) is 9.36 Å². The van der Waals surface area contributed by atoms with Gasteiger partial charge in [0.25, 0.3) is 0 Å². The van der Waals surface area contributed by atoms with Gasteiger partial charge in [0.1, 0.15) is 0 Å². The van der Waals surface area contributed by atoms with Crippen molar-refractivity contribution >= 4 is 40.2 Å². The molecule has 4 rings (SSSR count). The topological polar surface area (TPSA) is 34.9 Å². The van der Waals surface area contributed by atoms with E-state index in [0.29, 0.717) is 11.4 Å². The minimum absolute atomic E-state index is 0.116. The lowest BCUT2D eigenvalue weighted by atomic mass is 9.99. The van der Waals surface area contributed by atoms with Gasteiger partial charge in [-0.05, 0) is 62.2 Å². The van der Waals surface area contributed by atoms with E-state index < -0.39 is 4.75 Å². The molecular formula is C25H23ClN2OS. The minimum Gasteiger partial charge on any atom is -0.298 e. The first kappa shape index (κ1) is 20.7. The van der Waals surface area contributed by atoms with Crippen molar-refractivity contribution in [3.8, 4) is 5.69 Å². The van der Waals surface area contributed by atoms with Crippen LogP contribution in [-0.2, 0) is 11.2 Å². The largest absolute Gasteiger partial charge is 0.298 e. The Labute approximate surface area is 186 Å². The second-order valence-corrected chi connectivity index (χ2v) is 9.86. The molecule has 152 valence electrons. The Balaban J connectivity index is 1.68. The highest BCUT2D eigenvalue weighted by Crippen LogP contribution is 2.37. The molecular weight excluding hydrogens is 412 g/mol. The van der Waals surface area contributed by atoms with Crippen molar-refractivity contribution in [2.45, 2.75) is 37.1 Å². The number of Topliss-reactive ketones (excluding diaryl/α,β-unsaturated/α-hetero) is 1. The van der Waals surface area contributed by atoms with E-state index in [1.54, 1.807) is 0 Å². The summed E-state index contributed by atoms with van der Waals surface area (Å²) in [4.78, 5) is 18.1. The molecule has 1 aromatic heterocycles. The summed E-state index contributed by atoms with van der Waals surface area (Å²) in [7, 11) is 0. The highest BCUT2D eigenvalue weighted by molar-refractivity contribution is 8.01. The molecule has 0 aliphatic heterocycles. The second kappa shape index (κ2) is 8.29. The van der Waals surface area contributed by atoms with Gasteiger partial charge >= 0.3 is 0 Å². The average Bonchev–Trinajstić information content (AvgIpc) is 3.07. The highest BCUT2D eigenvalue weighted by atomic mass is 35.5. The van der Waals surface area contributed by atoms with Gasteiger partial charge in [-0.1, -0.05) is 65.8 Å². The number of fused-ring (bicyclic) bond motifs is 1. The number of ketones is 1. The number of halogens is 1. The van der Waals surface area contributed by atoms with E-state index in [-0.39, 0.29) is 5.78 Å². The second-order valence-electron chi connectivity index (χ2n) is 7.86. The number of carbonyl (C=O) groups is 1. The Morgan fingerprint density at radius 2 is 1.73 bits per heavy atom. The fourth-order valence-electron chi connectivity index (χ4n) is 3.37. The van der Waals surface area contributed by atoms with Crippen LogP contribution in [0.15, 0.2) is 78.0 Å². The van der Waals surface area contributed by atoms with Crippen LogP contribution in [0.3, 0.4) is 0 Å². The van der Waals surface area contributed by atoms with Gasteiger partial charge in [0.05, 0.1) is 15.8 Å². The summed E-state index contributed by atoms with van der Waals surface area (Å²) < 4.78 is 1.45. The monoisotopic (exact) mass is 434 g/mol. The fraction of sp³-hybridized carbons (Fsp3) is 0.200. The van der Waals surface area contributed by atoms with Crippen LogP contribution >= 0.6 is 23.4 Å². The number of hydrogen-bond acceptors (Lipinski definition) is 3. The number of carbonyl (C=O) groups excluding carboxylic acids is 1. The Kier molecular flexibility index (Phi) is 5.72. The molecule has 0 saturated carbocycles. The van der Waals surface area contributed by atoms with Gasteiger partial charge in [0.15, 0.2) is 10.9 Å². The van der Waals surface area contributed by atoms with Gasteiger partial charge in [0.2, 0.25) is 0 Å². The molecule has 0 bridgehead atoms. The van der Waals surface area contributed by atoms with E-state index in [0.717, 1.165) is 33.0 Å². The maximum atomic E-state index is 13.2. The number of rotatable bonds is 6. The molecule has 0 saturated heterocycles. The van der Waals surface area contributed by atoms with Crippen molar-refractivity contribution in [3.05, 3.63) is 88.9 Å². The van der Waals surface area contributed by atoms with Gasteiger partial charge in [0, 0.05) is 17.1 Å². The number of thioether (sulfide) groups is 1. The quantitative estimate of drug-likeness (QED) is 0.318. The van der Waals surface area contributed by atoms with Gasteiger partial charge in [-0.25, -0.2) is 4.98 Å². The van der Waals surface area contributed by atoms with Crippen LogP contribution in [0.25, 0.3) is 16.7 Å². The molecule has 4 aromatic rings. The Morgan fingerprint density at radius 1 is 1.03 bits per heavy atom. The summed E-state index contributed by atoms with van der Waals surface area (Å²) in [6, 6.07) is 24.0. The first-order chi connectivity index (χ1) is 14.3. The van der Waals surface area contributed by atoms with E-state index in [1.165, 1.54) is 11.8 Å². The first-order valence-corrected chi connectivity index (χ1v) is 11.0. The van der Waals surface area contributed by atoms with Crippen molar-refractivity contribution < 1.29 is 4.79 Å². The van der Waals surface area contributed by atoms with Gasteiger partial charge in [-0.15, -0.1) is 0 Å². The van der Waals surface area contributed by atoms with Gasteiger partial charge in [-0.2, -0.15) is 0 Å². The fourth-order valence-corrected chi connectivity index (χ4v) is 4.75. The van der Waals surface area contributed by atoms with E-state index >= 15 is 0 Å². The summed E-state index contributed by atoms with van der Waals surface area (Å²) >= 11 is 7.86. The molecule has 5 heteroatoms. The van der Waals surface area contributed by atoms with Crippen molar-refractivity contribution in [2.75, 3.05) is 0 Å². The maximum Gasteiger partial charge on any atom is 0.174 e. The van der Waals surface area contributed by atoms with Crippen molar-refractivity contribution in [3.63, 3.8) is 0 Å². The molecule has 0 aliphatic carbocycles. The number of imidazole rings is 1. The summed E-state index contributed by atoms with van der Waals surface area (Å²) in [6.45, 7) is 5.90. The zero-order valence-corrected chi connectivity index (χ0v) is 18.8. The summed E-state index contributed by atoms with van der Waals surface area (Å²) in [5.41, 5.74) is 4.90. The van der Waals surface area contributed by atoms with E-state index in [4.69, 9.17) is 16.6 Å². The predicted octanol–water partition coefficient (Wildman–Crippen LogP) is 6.67. The number of hydrogen-bond donors (Lipinski definition) is 0. The van der Waals surface area contributed by atoms with Crippen LogP contribution in [0, 0.1) is 6.92 Å². The molecule has 0 unspecified atom stereocenters. The predicted molar refractivity (Wildman–Crippen MR) is 126 cm³/mol. The molecule has 0 N–H and O–H groups in total. The molecule has 30 heavy (non-hydrogen) atoms. The van der Waals surface area contributed by atoms with Crippen LogP contribution in [0.1, 0.15) is 25.0 Å². The van der Waals surface area contributed by atoms with E-state index in [2.05, 4.69) is 22.8 Å². The number of aromatic nitrogens is 2. The summed E-state index contributed by atoms with van der Waals surface area (Å²) in [6.07, 6.45) is 0.296. The molecule has 3 nitrogen and oxygen atoms in total. The molecule has 0 radical (unpaired) electrons. The number of benzene rings is 3. The van der Waals surface area contributed by atoms with Crippen molar-refractivity contribution in [1.82, 2.24) is 9.55 Å². The third-order valence-corrected chi connectivity index (χ3v) is 6.67. The molecule has 0 aliphatic rings. The summed E-state index contributed by atoms with van der Waals surface area (Å²) in [5, 5.41) is 1.44. The molecule has 3 aromatic carbocycles. The SMILES string of the molecule is Cc1ccc(CC(=O)C(C)(C)Sc2nc3ccccc3n2-c2ccccc2)c(Cl)c1. The molecule has 0 fully saturated rings. The lowest BCUT2D eigenvalue weighted by Gasteiger charge is -2.23. The van der Waals surface area contributed by atoms with E-state index in [9.17, 15) is 4.79 Å². The van der Waals surface area contributed by atoms with Crippen molar-refractivity contribution in [2.24, 2.45) is 0 Å². The van der Waals surface area contributed by atoms with Crippen molar-refractivity contribution in [1.29, 1.82) is 0 Å². The lowest BCUT2D eigenvalue weighted by Crippen LogP contribution is -2.30. The first-order valence-electron chi connectivity index (χ1n) is 9.85. The average molecular weight is 435 g/mol.